The van der Waals surface area contributed by atoms with E-state index in [-0.39, 0.29) is 0 Å². The summed E-state index contributed by atoms with van der Waals surface area (Å²) in [6, 6.07) is 2.43. The molecule has 0 aliphatic rings. The van der Waals surface area contributed by atoms with Gasteiger partial charge in [0.2, 0.25) is 0 Å². The summed E-state index contributed by atoms with van der Waals surface area (Å²) < 4.78 is 0. The predicted molar refractivity (Wildman–Crippen MR) is 69.3 cm³/mol. The molecule has 1 atom stereocenters. The number of aryl methyl sites for hydroxylation is 1. The Morgan fingerprint density at radius 1 is 1.44 bits per heavy atom. The van der Waals surface area contributed by atoms with E-state index in [1.54, 1.807) is 0 Å². The van der Waals surface area contributed by atoms with Gasteiger partial charge in [0.05, 0.1) is 0 Å². The van der Waals surface area contributed by atoms with Crippen molar-refractivity contribution in [3.8, 4) is 0 Å². The molecule has 0 bridgehead atoms. The van der Waals surface area contributed by atoms with E-state index in [4.69, 9.17) is 5.73 Å². The molecule has 1 aromatic rings. The summed E-state index contributed by atoms with van der Waals surface area (Å²) in [6.45, 7) is 9.63. The van der Waals surface area contributed by atoms with E-state index in [1.807, 2.05) is 13.1 Å². The Kier molecular flexibility index (Phi) is 4.74. The monoisotopic (exact) mass is 221 g/mol. The molecule has 0 amide bonds. The fraction of sp³-hybridized carbons (Fsp3) is 0.615. The van der Waals surface area contributed by atoms with Crippen LogP contribution < -0.4 is 11.1 Å². The molecule has 1 rings (SSSR count). The molecule has 90 valence electrons. The number of nitrogens with one attached hydrogen (secondary N) is 1. The highest BCUT2D eigenvalue weighted by atomic mass is 14.9. The van der Waals surface area contributed by atoms with Crippen LogP contribution in [0.3, 0.4) is 0 Å². The van der Waals surface area contributed by atoms with E-state index in [2.05, 4.69) is 37.1 Å². The SMILES string of the molecule is CCCNC(c1cc(C)cnc1N)C(C)C. The van der Waals surface area contributed by atoms with Crippen LogP contribution in [0.2, 0.25) is 0 Å². The zero-order chi connectivity index (χ0) is 12.1. The summed E-state index contributed by atoms with van der Waals surface area (Å²) in [5, 5.41) is 3.53. The van der Waals surface area contributed by atoms with Gasteiger partial charge in [0.1, 0.15) is 5.82 Å². The van der Waals surface area contributed by atoms with Crippen LogP contribution in [0, 0.1) is 12.8 Å². The number of hydrogen-bond donors (Lipinski definition) is 2. The smallest absolute Gasteiger partial charge is 0.128 e. The summed E-state index contributed by atoms with van der Waals surface area (Å²) in [7, 11) is 0. The molecule has 3 N–H and O–H groups in total. The van der Waals surface area contributed by atoms with Crippen molar-refractivity contribution in [1.82, 2.24) is 10.3 Å². The van der Waals surface area contributed by atoms with Crippen LogP contribution in [-0.4, -0.2) is 11.5 Å². The van der Waals surface area contributed by atoms with E-state index in [0.717, 1.165) is 24.1 Å². The van der Waals surface area contributed by atoms with E-state index in [9.17, 15) is 0 Å². The molecule has 1 heterocycles. The summed E-state index contributed by atoms with van der Waals surface area (Å²) >= 11 is 0. The van der Waals surface area contributed by atoms with Crippen molar-refractivity contribution in [3.63, 3.8) is 0 Å². The van der Waals surface area contributed by atoms with Crippen LogP contribution in [0.1, 0.15) is 44.4 Å². The third-order valence-electron chi connectivity index (χ3n) is 2.70. The van der Waals surface area contributed by atoms with Crippen molar-refractivity contribution in [1.29, 1.82) is 0 Å². The molecule has 16 heavy (non-hydrogen) atoms. The molecule has 1 unspecified atom stereocenters. The quantitative estimate of drug-likeness (QED) is 0.803. The standard InChI is InChI=1S/C13H23N3/c1-5-6-15-12(9(2)3)11-7-10(4)8-16-13(11)14/h7-9,12,15H,5-6H2,1-4H3,(H2,14,16). The van der Waals surface area contributed by atoms with Crippen molar-refractivity contribution in [3.05, 3.63) is 23.4 Å². The molecule has 0 spiro atoms. The number of anilines is 1. The number of rotatable bonds is 5. The highest BCUT2D eigenvalue weighted by Gasteiger charge is 2.18. The number of nitrogen functional groups attached to an aromatic ring is 1. The molecule has 0 radical (unpaired) electrons. The molecule has 0 saturated heterocycles. The van der Waals surface area contributed by atoms with E-state index < -0.39 is 0 Å². The number of hydrogen-bond acceptors (Lipinski definition) is 3. The second kappa shape index (κ2) is 5.85. The van der Waals surface area contributed by atoms with Gasteiger partial charge in [-0.25, -0.2) is 4.98 Å². The van der Waals surface area contributed by atoms with Gasteiger partial charge in [0.15, 0.2) is 0 Å². The van der Waals surface area contributed by atoms with Crippen molar-refractivity contribution >= 4 is 5.82 Å². The Bertz CT molecular complexity index is 334. The third-order valence-corrected chi connectivity index (χ3v) is 2.70. The minimum atomic E-state index is 0.298. The summed E-state index contributed by atoms with van der Waals surface area (Å²) in [4.78, 5) is 4.23. The Balaban J connectivity index is 2.95. The third kappa shape index (κ3) is 3.20. The van der Waals surface area contributed by atoms with Gasteiger partial charge in [0, 0.05) is 17.8 Å². The lowest BCUT2D eigenvalue weighted by Gasteiger charge is -2.24. The minimum Gasteiger partial charge on any atom is -0.383 e. The molecule has 3 heteroatoms. The minimum absolute atomic E-state index is 0.298. The summed E-state index contributed by atoms with van der Waals surface area (Å²) in [5.74, 6) is 1.16. The molecular weight excluding hydrogens is 198 g/mol. The van der Waals surface area contributed by atoms with Gasteiger partial charge in [-0.15, -0.1) is 0 Å². The Morgan fingerprint density at radius 2 is 2.12 bits per heavy atom. The molecule has 3 nitrogen and oxygen atoms in total. The van der Waals surface area contributed by atoms with Crippen LogP contribution >= 0.6 is 0 Å². The molecule has 1 aromatic heterocycles. The predicted octanol–water partition coefficient (Wildman–Crippen LogP) is 2.67. The zero-order valence-corrected chi connectivity index (χ0v) is 10.7. The number of aromatic nitrogens is 1. The van der Waals surface area contributed by atoms with Crippen LogP contribution in [0.4, 0.5) is 5.82 Å². The first-order valence-electron chi connectivity index (χ1n) is 6.01. The maximum Gasteiger partial charge on any atom is 0.128 e. The Hall–Kier alpha value is -1.09. The zero-order valence-electron chi connectivity index (χ0n) is 10.7. The lowest BCUT2D eigenvalue weighted by Crippen LogP contribution is -2.27. The van der Waals surface area contributed by atoms with Gasteiger partial charge in [-0.2, -0.15) is 0 Å². The highest BCUT2D eigenvalue weighted by molar-refractivity contribution is 5.43. The molecule has 0 aliphatic carbocycles. The Labute approximate surface area is 98.5 Å². The van der Waals surface area contributed by atoms with Crippen LogP contribution in [0.15, 0.2) is 12.3 Å². The maximum absolute atomic E-state index is 5.95. The van der Waals surface area contributed by atoms with E-state index >= 15 is 0 Å². The first-order valence-corrected chi connectivity index (χ1v) is 6.01. The summed E-state index contributed by atoms with van der Waals surface area (Å²) in [6.07, 6.45) is 2.94. The highest BCUT2D eigenvalue weighted by Crippen LogP contribution is 2.26. The molecular formula is C13H23N3. The fourth-order valence-corrected chi connectivity index (χ4v) is 1.86. The molecule has 0 aromatic carbocycles. The van der Waals surface area contributed by atoms with Crippen molar-refractivity contribution in [2.75, 3.05) is 12.3 Å². The van der Waals surface area contributed by atoms with Crippen LogP contribution in [0.5, 0.6) is 0 Å². The van der Waals surface area contributed by atoms with E-state index in [1.165, 1.54) is 0 Å². The lowest BCUT2D eigenvalue weighted by molar-refractivity contribution is 0.413. The van der Waals surface area contributed by atoms with Crippen molar-refractivity contribution < 1.29 is 0 Å². The largest absolute Gasteiger partial charge is 0.383 e. The lowest BCUT2D eigenvalue weighted by atomic mass is 9.95. The second-order valence-electron chi connectivity index (χ2n) is 4.66. The first kappa shape index (κ1) is 13.0. The van der Waals surface area contributed by atoms with Crippen molar-refractivity contribution in [2.45, 2.75) is 40.2 Å². The summed E-state index contributed by atoms with van der Waals surface area (Å²) in [5.41, 5.74) is 8.24. The van der Waals surface area contributed by atoms with Gasteiger partial charge >= 0.3 is 0 Å². The topological polar surface area (TPSA) is 50.9 Å². The molecule has 0 aliphatic heterocycles. The van der Waals surface area contributed by atoms with Gasteiger partial charge in [0.25, 0.3) is 0 Å². The van der Waals surface area contributed by atoms with E-state index in [0.29, 0.717) is 17.8 Å². The average molecular weight is 221 g/mol. The number of pyridine rings is 1. The molecule has 0 fully saturated rings. The van der Waals surface area contributed by atoms with Gasteiger partial charge in [-0.3, -0.25) is 0 Å². The van der Waals surface area contributed by atoms with Gasteiger partial charge in [-0.05, 0) is 37.4 Å². The first-order chi connectivity index (χ1) is 7.56. The maximum atomic E-state index is 5.95. The normalized spacial score (nSPS) is 13.1. The Morgan fingerprint density at radius 3 is 2.69 bits per heavy atom. The van der Waals surface area contributed by atoms with Crippen LogP contribution in [0.25, 0.3) is 0 Å². The van der Waals surface area contributed by atoms with Gasteiger partial charge < -0.3 is 11.1 Å². The fourth-order valence-electron chi connectivity index (χ4n) is 1.86. The second-order valence-corrected chi connectivity index (χ2v) is 4.66. The average Bonchev–Trinajstić information content (AvgIpc) is 2.23. The van der Waals surface area contributed by atoms with Crippen LogP contribution in [-0.2, 0) is 0 Å². The number of nitrogens with zero attached hydrogens (tertiary/aromatic N) is 1. The molecule has 0 saturated carbocycles. The van der Waals surface area contributed by atoms with Gasteiger partial charge in [-0.1, -0.05) is 20.8 Å². The number of nitrogens with two attached hydrogens (primary N) is 1. The van der Waals surface area contributed by atoms with Crippen molar-refractivity contribution in [2.24, 2.45) is 5.92 Å².